The molecular formula is C12H21NO3. The standard InChI is InChI=1S/C12H21NO3/c1-3-16-11-5-4-7-13(9-11)8-6-10(2)12(14)15/h6,11H,3-5,7-9H2,1-2H3,(H,14,15). The number of carbonyl (C=O) groups is 1. The molecule has 0 saturated carbocycles. The first-order valence-electron chi connectivity index (χ1n) is 5.87. The first kappa shape index (κ1) is 13.2. The molecule has 0 aromatic carbocycles. The summed E-state index contributed by atoms with van der Waals surface area (Å²) < 4.78 is 5.59. The van der Waals surface area contributed by atoms with Crippen LogP contribution in [0.25, 0.3) is 0 Å². The maximum atomic E-state index is 10.6. The van der Waals surface area contributed by atoms with Gasteiger partial charge in [-0.2, -0.15) is 0 Å². The second-order valence-electron chi connectivity index (χ2n) is 4.17. The van der Waals surface area contributed by atoms with Crippen LogP contribution in [0.4, 0.5) is 0 Å². The third kappa shape index (κ3) is 4.33. The molecule has 1 saturated heterocycles. The van der Waals surface area contributed by atoms with Crippen LogP contribution in [0.1, 0.15) is 26.7 Å². The molecule has 0 bridgehead atoms. The highest BCUT2D eigenvalue weighted by Gasteiger charge is 2.19. The largest absolute Gasteiger partial charge is 0.478 e. The van der Waals surface area contributed by atoms with Gasteiger partial charge in [-0.3, -0.25) is 4.90 Å². The minimum Gasteiger partial charge on any atom is -0.478 e. The number of aliphatic carboxylic acids is 1. The Morgan fingerprint density at radius 2 is 2.38 bits per heavy atom. The van der Waals surface area contributed by atoms with E-state index >= 15 is 0 Å². The molecule has 4 heteroatoms. The molecule has 1 rings (SSSR count). The number of rotatable bonds is 5. The zero-order valence-corrected chi connectivity index (χ0v) is 10.1. The van der Waals surface area contributed by atoms with Crippen molar-refractivity contribution in [2.45, 2.75) is 32.8 Å². The summed E-state index contributed by atoms with van der Waals surface area (Å²) in [4.78, 5) is 12.9. The molecule has 0 aliphatic carbocycles. The smallest absolute Gasteiger partial charge is 0.330 e. The van der Waals surface area contributed by atoms with Crippen LogP contribution in [0.3, 0.4) is 0 Å². The maximum absolute atomic E-state index is 10.6. The summed E-state index contributed by atoms with van der Waals surface area (Å²) in [6.45, 7) is 7.05. The lowest BCUT2D eigenvalue weighted by Crippen LogP contribution is -2.39. The van der Waals surface area contributed by atoms with E-state index in [-0.39, 0.29) is 0 Å². The molecule has 1 N–H and O–H groups in total. The van der Waals surface area contributed by atoms with E-state index in [1.165, 1.54) is 0 Å². The van der Waals surface area contributed by atoms with Crippen molar-refractivity contribution in [3.8, 4) is 0 Å². The monoisotopic (exact) mass is 227 g/mol. The van der Waals surface area contributed by atoms with Crippen LogP contribution in [0.15, 0.2) is 11.6 Å². The Kier molecular flexibility index (Phi) is 5.49. The number of hydrogen-bond donors (Lipinski definition) is 1. The highest BCUT2D eigenvalue weighted by atomic mass is 16.5. The molecule has 0 radical (unpaired) electrons. The molecule has 1 unspecified atom stereocenters. The molecule has 4 nitrogen and oxygen atoms in total. The average Bonchev–Trinajstić information content (AvgIpc) is 2.26. The molecule has 0 amide bonds. The predicted octanol–water partition coefficient (Wildman–Crippen LogP) is 1.52. The first-order chi connectivity index (χ1) is 7.63. The molecule has 1 aliphatic heterocycles. The number of ether oxygens (including phenoxy) is 1. The van der Waals surface area contributed by atoms with Crippen molar-refractivity contribution in [2.24, 2.45) is 0 Å². The third-order valence-corrected chi connectivity index (χ3v) is 2.86. The van der Waals surface area contributed by atoms with Crippen LogP contribution in [-0.2, 0) is 9.53 Å². The molecule has 0 aromatic heterocycles. The van der Waals surface area contributed by atoms with Gasteiger partial charge in [-0.25, -0.2) is 4.79 Å². The summed E-state index contributed by atoms with van der Waals surface area (Å²) in [5, 5.41) is 8.74. The Balaban J connectivity index is 2.37. The molecule has 16 heavy (non-hydrogen) atoms. The second kappa shape index (κ2) is 6.66. The fraction of sp³-hybridized carbons (Fsp3) is 0.750. The van der Waals surface area contributed by atoms with E-state index in [1.807, 2.05) is 6.92 Å². The van der Waals surface area contributed by atoms with Crippen molar-refractivity contribution >= 4 is 5.97 Å². The number of hydrogen-bond acceptors (Lipinski definition) is 3. The Bertz CT molecular complexity index is 261. The lowest BCUT2D eigenvalue weighted by molar-refractivity contribution is -0.132. The summed E-state index contributed by atoms with van der Waals surface area (Å²) in [7, 11) is 0. The molecule has 1 aliphatic rings. The number of carboxylic acids is 1. The fourth-order valence-corrected chi connectivity index (χ4v) is 1.90. The van der Waals surface area contributed by atoms with E-state index < -0.39 is 5.97 Å². The van der Waals surface area contributed by atoms with Crippen LogP contribution in [-0.4, -0.2) is 48.3 Å². The van der Waals surface area contributed by atoms with Gasteiger partial charge in [-0.05, 0) is 33.2 Å². The van der Waals surface area contributed by atoms with Crippen molar-refractivity contribution in [2.75, 3.05) is 26.2 Å². The minimum absolute atomic E-state index is 0.317. The van der Waals surface area contributed by atoms with Crippen molar-refractivity contribution < 1.29 is 14.6 Å². The number of piperidine rings is 1. The van der Waals surface area contributed by atoms with E-state index in [4.69, 9.17) is 9.84 Å². The number of carboxylic acid groups (broad SMARTS) is 1. The second-order valence-corrected chi connectivity index (χ2v) is 4.17. The van der Waals surface area contributed by atoms with Gasteiger partial charge in [0.25, 0.3) is 0 Å². The van der Waals surface area contributed by atoms with Gasteiger partial charge in [0.2, 0.25) is 0 Å². The maximum Gasteiger partial charge on any atom is 0.330 e. The quantitative estimate of drug-likeness (QED) is 0.723. The predicted molar refractivity (Wildman–Crippen MR) is 62.5 cm³/mol. The molecule has 0 spiro atoms. The zero-order valence-electron chi connectivity index (χ0n) is 10.1. The lowest BCUT2D eigenvalue weighted by Gasteiger charge is -2.31. The van der Waals surface area contributed by atoms with Gasteiger partial charge in [0.15, 0.2) is 0 Å². The summed E-state index contributed by atoms with van der Waals surface area (Å²) in [5.74, 6) is -0.835. The Labute approximate surface area is 96.9 Å². The van der Waals surface area contributed by atoms with Crippen molar-refractivity contribution in [1.29, 1.82) is 0 Å². The molecule has 92 valence electrons. The van der Waals surface area contributed by atoms with Crippen molar-refractivity contribution in [3.05, 3.63) is 11.6 Å². The highest BCUT2D eigenvalue weighted by molar-refractivity contribution is 5.85. The third-order valence-electron chi connectivity index (χ3n) is 2.86. The van der Waals surface area contributed by atoms with E-state index in [2.05, 4.69) is 4.90 Å². The summed E-state index contributed by atoms with van der Waals surface area (Å²) in [6.07, 6.45) is 4.34. The summed E-state index contributed by atoms with van der Waals surface area (Å²) >= 11 is 0. The van der Waals surface area contributed by atoms with Gasteiger partial charge < -0.3 is 9.84 Å². The fourth-order valence-electron chi connectivity index (χ4n) is 1.90. The summed E-state index contributed by atoms with van der Waals surface area (Å²) in [6, 6.07) is 0. The number of likely N-dealkylation sites (tertiary alicyclic amines) is 1. The van der Waals surface area contributed by atoms with Gasteiger partial charge in [0.05, 0.1) is 6.10 Å². The van der Waals surface area contributed by atoms with Crippen LogP contribution in [0.2, 0.25) is 0 Å². The average molecular weight is 227 g/mol. The van der Waals surface area contributed by atoms with Crippen LogP contribution in [0.5, 0.6) is 0 Å². The normalized spacial score (nSPS) is 23.4. The van der Waals surface area contributed by atoms with Gasteiger partial charge in [-0.15, -0.1) is 0 Å². The Hall–Kier alpha value is -0.870. The van der Waals surface area contributed by atoms with Gasteiger partial charge in [-0.1, -0.05) is 6.08 Å². The highest BCUT2D eigenvalue weighted by Crippen LogP contribution is 2.13. The van der Waals surface area contributed by atoms with Crippen LogP contribution in [0, 0.1) is 0 Å². The Morgan fingerprint density at radius 3 is 3.00 bits per heavy atom. The van der Waals surface area contributed by atoms with Crippen molar-refractivity contribution in [3.63, 3.8) is 0 Å². The number of nitrogens with zero attached hydrogens (tertiary/aromatic N) is 1. The zero-order chi connectivity index (χ0) is 12.0. The van der Waals surface area contributed by atoms with Gasteiger partial charge >= 0.3 is 5.97 Å². The van der Waals surface area contributed by atoms with E-state index in [0.717, 1.165) is 32.5 Å². The van der Waals surface area contributed by atoms with E-state index in [0.29, 0.717) is 18.2 Å². The molecule has 0 aromatic rings. The molecule has 1 heterocycles. The summed E-state index contributed by atoms with van der Waals surface area (Å²) in [5.41, 5.74) is 0.415. The van der Waals surface area contributed by atoms with E-state index in [1.54, 1.807) is 13.0 Å². The SMILES string of the molecule is CCOC1CCCN(CC=C(C)C(=O)O)C1. The van der Waals surface area contributed by atoms with Crippen LogP contribution >= 0.6 is 0 Å². The van der Waals surface area contributed by atoms with E-state index in [9.17, 15) is 4.79 Å². The van der Waals surface area contributed by atoms with Crippen LogP contribution < -0.4 is 0 Å². The lowest BCUT2D eigenvalue weighted by atomic mass is 10.1. The molecule has 1 fully saturated rings. The molecule has 1 atom stereocenters. The van der Waals surface area contributed by atoms with Gasteiger partial charge in [0.1, 0.15) is 0 Å². The first-order valence-corrected chi connectivity index (χ1v) is 5.87. The minimum atomic E-state index is -0.835. The van der Waals surface area contributed by atoms with Crippen molar-refractivity contribution in [1.82, 2.24) is 4.90 Å². The Morgan fingerprint density at radius 1 is 1.62 bits per heavy atom. The topological polar surface area (TPSA) is 49.8 Å². The van der Waals surface area contributed by atoms with Gasteiger partial charge in [0, 0.05) is 25.3 Å². The molecular weight excluding hydrogens is 206 g/mol.